The molecule has 3 nitrogen and oxygen atoms in total. The first kappa shape index (κ1) is 19.0. The Balaban J connectivity index is 1.85. The van der Waals surface area contributed by atoms with Crippen LogP contribution in [0, 0.1) is 6.92 Å². The van der Waals surface area contributed by atoms with Gasteiger partial charge in [-0.05, 0) is 47.9 Å². The van der Waals surface area contributed by atoms with Crippen molar-refractivity contribution in [3.05, 3.63) is 98.7 Å². The van der Waals surface area contributed by atoms with E-state index in [1.54, 1.807) is 18.5 Å². The molecule has 0 radical (unpaired) electrons. The van der Waals surface area contributed by atoms with E-state index in [4.69, 9.17) is 34.8 Å². The van der Waals surface area contributed by atoms with Gasteiger partial charge in [0, 0.05) is 17.8 Å². The fraction of sp³-hybridized carbons (Fsp3) is 0.0909. The third-order valence-electron chi connectivity index (χ3n) is 4.58. The zero-order chi connectivity index (χ0) is 19.7. The van der Waals surface area contributed by atoms with Crippen molar-refractivity contribution in [3.63, 3.8) is 0 Å². The molecular formula is C22H16Cl3N3. The molecule has 0 aliphatic rings. The molecule has 0 spiro atoms. The minimum Gasteiger partial charge on any atom is -0.359 e. The molecule has 2 heterocycles. The molecule has 0 fully saturated rings. The molecular weight excluding hydrogens is 413 g/mol. The summed E-state index contributed by atoms with van der Waals surface area (Å²) in [5, 5.41) is 6.18. The maximum absolute atomic E-state index is 6.56. The first-order valence-corrected chi connectivity index (χ1v) is 9.83. The molecule has 0 amide bonds. The molecule has 1 N–H and O–H groups in total. The maximum Gasteiger partial charge on any atom is 0.129 e. The summed E-state index contributed by atoms with van der Waals surface area (Å²) in [6, 6.07) is 17.3. The Morgan fingerprint density at radius 2 is 1.79 bits per heavy atom. The summed E-state index contributed by atoms with van der Waals surface area (Å²) < 4.78 is 0. The number of benzene rings is 2. The number of aryl methyl sites for hydroxylation is 1. The SMILES string of the molecule is Cc1cc(Cl)cnc1NC(c1ccc2cccnc2c1)c1cccc(Cl)c1Cl. The molecule has 0 bridgehead atoms. The second-order valence-electron chi connectivity index (χ2n) is 6.49. The predicted molar refractivity (Wildman–Crippen MR) is 118 cm³/mol. The van der Waals surface area contributed by atoms with E-state index in [0.717, 1.165) is 33.4 Å². The Hall–Kier alpha value is -2.33. The number of rotatable bonds is 4. The fourth-order valence-corrected chi connectivity index (χ4v) is 3.80. The predicted octanol–water partition coefficient (Wildman–Crippen LogP) is 7.10. The molecule has 0 saturated carbocycles. The van der Waals surface area contributed by atoms with E-state index in [2.05, 4.69) is 27.4 Å². The summed E-state index contributed by atoms with van der Waals surface area (Å²) in [6.07, 6.45) is 3.40. The van der Waals surface area contributed by atoms with Gasteiger partial charge in [0.05, 0.1) is 26.6 Å². The normalized spacial score (nSPS) is 12.1. The number of aromatic nitrogens is 2. The lowest BCUT2D eigenvalue weighted by Crippen LogP contribution is -2.15. The quantitative estimate of drug-likeness (QED) is 0.376. The maximum atomic E-state index is 6.56. The van der Waals surface area contributed by atoms with Crippen molar-refractivity contribution < 1.29 is 0 Å². The van der Waals surface area contributed by atoms with Gasteiger partial charge in [0.15, 0.2) is 0 Å². The Morgan fingerprint density at radius 3 is 2.61 bits per heavy atom. The summed E-state index contributed by atoms with van der Waals surface area (Å²) in [4.78, 5) is 8.92. The third-order valence-corrected chi connectivity index (χ3v) is 5.62. The van der Waals surface area contributed by atoms with E-state index >= 15 is 0 Å². The number of anilines is 1. The molecule has 0 saturated heterocycles. The van der Waals surface area contributed by atoms with E-state index in [9.17, 15) is 0 Å². The van der Waals surface area contributed by atoms with Crippen LogP contribution in [0.15, 0.2) is 67.0 Å². The van der Waals surface area contributed by atoms with Crippen LogP contribution in [0.4, 0.5) is 5.82 Å². The summed E-state index contributed by atoms with van der Waals surface area (Å²) in [5.41, 5.74) is 3.72. The average molecular weight is 429 g/mol. The number of halogens is 3. The number of hydrogen-bond donors (Lipinski definition) is 1. The van der Waals surface area contributed by atoms with Gasteiger partial charge in [0.25, 0.3) is 0 Å². The molecule has 28 heavy (non-hydrogen) atoms. The Bertz CT molecular complexity index is 1160. The van der Waals surface area contributed by atoms with Crippen LogP contribution in [-0.2, 0) is 0 Å². The summed E-state index contributed by atoms with van der Waals surface area (Å²) in [7, 11) is 0. The lowest BCUT2D eigenvalue weighted by Gasteiger charge is -2.23. The second kappa shape index (κ2) is 7.96. The smallest absolute Gasteiger partial charge is 0.129 e. The van der Waals surface area contributed by atoms with Gasteiger partial charge in [-0.1, -0.05) is 65.1 Å². The van der Waals surface area contributed by atoms with Crippen LogP contribution < -0.4 is 5.32 Å². The first-order valence-electron chi connectivity index (χ1n) is 8.70. The van der Waals surface area contributed by atoms with Crippen LogP contribution in [0.5, 0.6) is 0 Å². The molecule has 4 rings (SSSR count). The van der Waals surface area contributed by atoms with Crippen molar-refractivity contribution in [3.8, 4) is 0 Å². The molecule has 0 aliphatic heterocycles. The van der Waals surface area contributed by atoms with Crippen molar-refractivity contribution in [1.82, 2.24) is 9.97 Å². The number of nitrogens with zero attached hydrogens (tertiary/aromatic N) is 2. The third kappa shape index (κ3) is 3.79. The molecule has 140 valence electrons. The molecule has 1 atom stereocenters. The van der Waals surface area contributed by atoms with Crippen molar-refractivity contribution in [2.45, 2.75) is 13.0 Å². The van der Waals surface area contributed by atoms with Crippen molar-refractivity contribution in [2.24, 2.45) is 0 Å². The molecule has 4 aromatic rings. The molecule has 2 aromatic carbocycles. The molecule has 0 aliphatic carbocycles. The number of pyridine rings is 2. The number of nitrogens with one attached hydrogen (secondary N) is 1. The van der Waals surface area contributed by atoms with Crippen LogP contribution in [-0.4, -0.2) is 9.97 Å². The minimum atomic E-state index is -0.259. The zero-order valence-electron chi connectivity index (χ0n) is 15.0. The average Bonchev–Trinajstić information content (AvgIpc) is 2.70. The monoisotopic (exact) mass is 427 g/mol. The van der Waals surface area contributed by atoms with E-state index in [-0.39, 0.29) is 6.04 Å². The van der Waals surface area contributed by atoms with Gasteiger partial charge < -0.3 is 5.32 Å². The van der Waals surface area contributed by atoms with E-state index in [1.165, 1.54) is 0 Å². The van der Waals surface area contributed by atoms with Crippen LogP contribution >= 0.6 is 34.8 Å². The van der Waals surface area contributed by atoms with Crippen molar-refractivity contribution in [1.29, 1.82) is 0 Å². The van der Waals surface area contributed by atoms with Gasteiger partial charge >= 0.3 is 0 Å². The van der Waals surface area contributed by atoms with E-state index in [0.29, 0.717) is 15.1 Å². The van der Waals surface area contributed by atoms with Crippen LogP contribution in [0.2, 0.25) is 15.1 Å². The highest BCUT2D eigenvalue weighted by Gasteiger charge is 2.20. The van der Waals surface area contributed by atoms with Crippen molar-refractivity contribution in [2.75, 3.05) is 5.32 Å². The molecule has 6 heteroatoms. The van der Waals surface area contributed by atoms with Gasteiger partial charge in [-0.2, -0.15) is 0 Å². The first-order chi connectivity index (χ1) is 13.5. The number of hydrogen-bond acceptors (Lipinski definition) is 3. The van der Waals surface area contributed by atoms with Gasteiger partial charge in [0.1, 0.15) is 5.82 Å². The summed E-state index contributed by atoms with van der Waals surface area (Å²) in [5.74, 6) is 0.728. The van der Waals surface area contributed by atoms with Gasteiger partial charge in [-0.3, -0.25) is 4.98 Å². The van der Waals surface area contributed by atoms with Gasteiger partial charge in [-0.25, -0.2) is 4.98 Å². The van der Waals surface area contributed by atoms with Gasteiger partial charge in [0.2, 0.25) is 0 Å². The van der Waals surface area contributed by atoms with Crippen LogP contribution in [0.3, 0.4) is 0 Å². The van der Waals surface area contributed by atoms with Crippen molar-refractivity contribution >= 4 is 51.5 Å². The highest BCUT2D eigenvalue weighted by Crippen LogP contribution is 2.36. The lowest BCUT2D eigenvalue weighted by atomic mass is 9.97. The summed E-state index contributed by atoms with van der Waals surface area (Å²) in [6.45, 7) is 1.96. The largest absolute Gasteiger partial charge is 0.359 e. The lowest BCUT2D eigenvalue weighted by molar-refractivity contribution is 0.924. The van der Waals surface area contributed by atoms with Crippen LogP contribution in [0.25, 0.3) is 10.9 Å². The highest BCUT2D eigenvalue weighted by atomic mass is 35.5. The van der Waals surface area contributed by atoms with Gasteiger partial charge in [-0.15, -0.1) is 0 Å². The second-order valence-corrected chi connectivity index (χ2v) is 7.72. The van der Waals surface area contributed by atoms with Crippen LogP contribution in [0.1, 0.15) is 22.7 Å². The molecule has 1 unspecified atom stereocenters. The highest BCUT2D eigenvalue weighted by molar-refractivity contribution is 6.42. The summed E-state index contributed by atoms with van der Waals surface area (Å²) >= 11 is 18.9. The topological polar surface area (TPSA) is 37.8 Å². The Morgan fingerprint density at radius 1 is 0.929 bits per heavy atom. The Kier molecular flexibility index (Phi) is 5.40. The number of fused-ring (bicyclic) bond motifs is 1. The van der Waals surface area contributed by atoms with E-state index in [1.807, 2.05) is 43.3 Å². The zero-order valence-corrected chi connectivity index (χ0v) is 17.2. The Labute approximate surface area is 178 Å². The standard InChI is InChI=1S/C22H16Cl3N3/c1-13-10-16(23)12-27-22(13)28-21(17-5-2-6-18(24)20(17)25)15-8-7-14-4-3-9-26-19(14)11-15/h2-12,21H,1H3,(H,27,28). The van der Waals surface area contributed by atoms with E-state index < -0.39 is 0 Å². The minimum absolute atomic E-state index is 0.259. The molecule has 2 aromatic heterocycles. The fourth-order valence-electron chi connectivity index (χ4n) is 3.18.